The predicted molar refractivity (Wildman–Crippen MR) is 82.3 cm³/mol. The van der Waals surface area contributed by atoms with E-state index >= 15 is 0 Å². The first-order valence-electron chi connectivity index (χ1n) is 6.45. The summed E-state index contributed by atoms with van der Waals surface area (Å²) in [6.07, 6.45) is 0.951. The highest BCUT2D eigenvalue weighted by Gasteiger charge is 2.32. The second-order valence-electron chi connectivity index (χ2n) is 5.06. The summed E-state index contributed by atoms with van der Waals surface area (Å²) in [6.45, 7) is 2.59. The van der Waals surface area contributed by atoms with Crippen molar-refractivity contribution in [1.82, 2.24) is 4.31 Å². The molecular weight excluding hydrogens is 366 g/mol. The third-order valence-electron chi connectivity index (χ3n) is 3.69. The Morgan fingerprint density at radius 2 is 2.00 bits per heavy atom. The number of hydrogen-bond donors (Lipinski definition) is 1. The van der Waals surface area contributed by atoms with Crippen LogP contribution in [-0.4, -0.2) is 37.0 Å². The summed E-state index contributed by atoms with van der Waals surface area (Å²) in [6, 6.07) is 4.76. The molecule has 0 aromatic heterocycles. The standard InChI is InChI=1S/C13H17BrClNO3S/c1-9(17)10-4-6-16(7-5-10)20(18,19)13-3-2-11(14)8-12(13)15/h2-3,8-10,17H,4-7H2,1H3. The van der Waals surface area contributed by atoms with Gasteiger partial charge in [-0.15, -0.1) is 0 Å². The molecule has 0 bridgehead atoms. The number of aliphatic hydroxyl groups excluding tert-OH is 1. The maximum absolute atomic E-state index is 12.6. The number of nitrogens with zero attached hydrogens (tertiary/aromatic N) is 1. The lowest BCUT2D eigenvalue weighted by atomic mass is 9.93. The first kappa shape index (κ1) is 16.2. The smallest absolute Gasteiger partial charge is 0.244 e. The summed E-state index contributed by atoms with van der Waals surface area (Å²) in [4.78, 5) is 0.137. The summed E-state index contributed by atoms with van der Waals surface area (Å²) in [5.74, 6) is 0.168. The van der Waals surface area contributed by atoms with E-state index in [0.29, 0.717) is 25.9 Å². The Labute approximate surface area is 132 Å². The third kappa shape index (κ3) is 3.36. The van der Waals surface area contributed by atoms with E-state index in [2.05, 4.69) is 15.9 Å². The zero-order valence-electron chi connectivity index (χ0n) is 11.1. The molecule has 1 aromatic rings. The summed E-state index contributed by atoms with van der Waals surface area (Å²) in [7, 11) is -3.56. The van der Waals surface area contributed by atoms with Gasteiger partial charge in [-0.25, -0.2) is 8.42 Å². The van der Waals surface area contributed by atoms with Crippen LogP contribution in [0.5, 0.6) is 0 Å². The first-order chi connectivity index (χ1) is 9.32. The van der Waals surface area contributed by atoms with Gasteiger partial charge in [-0.2, -0.15) is 4.31 Å². The third-order valence-corrected chi connectivity index (χ3v) is 6.57. The van der Waals surface area contributed by atoms with E-state index in [1.54, 1.807) is 19.1 Å². The molecule has 2 rings (SSSR count). The molecule has 7 heteroatoms. The molecule has 1 heterocycles. The molecule has 1 aromatic carbocycles. The van der Waals surface area contributed by atoms with Crippen molar-refractivity contribution in [2.45, 2.75) is 30.8 Å². The minimum absolute atomic E-state index is 0.137. The molecule has 112 valence electrons. The summed E-state index contributed by atoms with van der Waals surface area (Å²) >= 11 is 9.30. The van der Waals surface area contributed by atoms with E-state index in [-0.39, 0.29) is 15.8 Å². The highest BCUT2D eigenvalue weighted by Crippen LogP contribution is 2.30. The maximum Gasteiger partial charge on any atom is 0.244 e. The second kappa shape index (κ2) is 6.32. The van der Waals surface area contributed by atoms with Crippen LogP contribution in [-0.2, 0) is 10.0 Å². The lowest BCUT2D eigenvalue weighted by molar-refractivity contribution is 0.0912. The molecule has 1 atom stereocenters. The molecule has 1 unspecified atom stereocenters. The molecule has 0 saturated carbocycles. The van der Waals surface area contributed by atoms with Crippen LogP contribution in [0.2, 0.25) is 5.02 Å². The lowest BCUT2D eigenvalue weighted by Crippen LogP contribution is -2.40. The van der Waals surface area contributed by atoms with Gasteiger partial charge in [0.2, 0.25) is 10.0 Å². The van der Waals surface area contributed by atoms with E-state index in [0.717, 1.165) is 4.47 Å². The van der Waals surface area contributed by atoms with Crippen LogP contribution < -0.4 is 0 Å². The van der Waals surface area contributed by atoms with E-state index < -0.39 is 16.1 Å². The van der Waals surface area contributed by atoms with Gasteiger partial charge in [-0.1, -0.05) is 27.5 Å². The Bertz CT molecular complexity index is 583. The number of halogens is 2. The largest absolute Gasteiger partial charge is 0.393 e. The molecule has 4 nitrogen and oxygen atoms in total. The lowest BCUT2D eigenvalue weighted by Gasteiger charge is -2.32. The van der Waals surface area contributed by atoms with Crippen LogP contribution in [0.15, 0.2) is 27.6 Å². The molecule has 1 saturated heterocycles. The second-order valence-corrected chi connectivity index (χ2v) is 8.29. The zero-order valence-corrected chi connectivity index (χ0v) is 14.2. The molecule has 1 fully saturated rings. The molecule has 1 aliphatic rings. The van der Waals surface area contributed by atoms with Gasteiger partial charge >= 0.3 is 0 Å². The normalized spacial score (nSPS) is 20.0. The van der Waals surface area contributed by atoms with E-state index in [4.69, 9.17) is 11.6 Å². The number of rotatable bonds is 3. The number of piperidine rings is 1. The SMILES string of the molecule is CC(O)C1CCN(S(=O)(=O)c2ccc(Br)cc2Cl)CC1. The average molecular weight is 383 g/mol. The maximum atomic E-state index is 12.6. The first-order valence-corrected chi connectivity index (χ1v) is 9.06. The fourth-order valence-electron chi connectivity index (χ4n) is 2.42. The van der Waals surface area contributed by atoms with Gasteiger partial charge in [0.25, 0.3) is 0 Å². The summed E-state index contributed by atoms with van der Waals surface area (Å²) < 4.78 is 27.3. The molecule has 0 aliphatic carbocycles. The van der Waals surface area contributed by atoms with Crippen molar-refractivity contribution in [3.05, 3.63) is 27.7 Å². The molecule has 1 N–H and O–H groups in total. The van der Waals surface area contributed by atoms with Crippen molar-refractivity contribution < 1.29 is 13.5 Å². The van der Waals surface area contributed by atoms with Crippen LogP contribution in [0, 0.1) is 5.92 Å². The number of benzene rings is 1. The van der Waals surface area contributed by atoms with Gasteiger partial charge in [0.1, 0.15) is 4.90 Å². The van der Waals surface area contributed by atoms with Gasteiger partial charge in [0.15, 0.2) is 0 Å². The van der Waals surface area contributed by atoms with Gasteiger partial charge in [-0.3, -0.25) is 0 Å². The van der Waals surface area contributed by atoms with E-state index in [1.807, 2.05) is 0 Å². The predicted octanol–water partition coefficient (Wildman–Crippen LogP) is 2.88. The van der Waals surface area contributed by atoms with Crippen LogP contribution in [0.4, 0.5) is 0 Å². The topological polar surface area (TPSA) is 57.6 Å². The Kier molecular flexibility index (Phi) is 5.13. The van der Waals surface area contributed by atoms with Crippen LogP contribution >= 0.6 is 27.5 Å². The summed E-state index contributed by atoms with van der Waals surface area (Å²) in [5, 5.41) is 9.78. The quantitative estimate of drug-likeness (QED) is 0.874. The molecule has 0 spiro atoms. The molecule has 0 radical (unpaired) electrons. The number of aliphatic hydroxyl groups is 1. The van der Waals surface area contributed by atoms with Gasteiger partial charge < -0.3 is 5.11 Å². The molecule has 0 amide bonds. The number of hydrogen-bond acceptors (Lipinski definition) is 3. The van der Waals surface area contributed by atoms with Crippen LogP contribution in [0.25, 0.3) is 0 Å². The minimum Gasteiger partial charge on any atom is -0.393 e. The highest BCUT2D eigenvalue weighted by atomic mass is 79.9. The fourth-order valence-corrected chi connectivity index (χ4v) is 4.90. The van der Waals surface area contributed by atoms with Crippen molar-refractivity contribution in [3.63, 3.8) is 0 Å². The van der Waals surface area contributed by atoms with Crippen LogP contribution in [0.1, 0.15) is 19.8 Å². The Hall–Kier alpha value is -0.140. The van der Waals surface area contributed by atoms with Crippen molar-refractivity contribution in [3.8, 4) is 0 Å². The number of sulfonamides is 1. The van der Waals surface area contributed by atoms with E-state index in [1.165, 1.54) is 10.4 Å². The van der Waals surface area contributed by atoms with Crippen molar-refractivity contribution in [1.29, 1.82) is 0 Å². The Morgan fingerprint density at radius 3 is 2.50 bits per heavy atom. The van der Waals surface area contributed by atoms with Crippen molar-refractivity contribution in [2.75, 3.05) is 13.1 Å². The van der Waals surface area contributed by atoms with Gasteiger partial charge in [0, 0.05) is 17.6 Å². The van der Waals surface area contributed by atoms with Gasteiger partial charge in [0.05, 0.1) is 11.1 Å². The minimum atomic E-state index is -3.56. The zero-order chi connectivity index (χ0) is 14.9. The fraction of sp³-hybridized carbons (Fsp3) is 0.538. The molecule has 1 aliphatic heterocycles. The van der Waals surface area contributed by atoms with Crippen molar-refractivity contribution >= 4 is 37.6 Å². The van der Waals surface area contributed by atoms with Gasteiger partial charge in [-0.05, 0) is 43.9 Å². The average Bonchev–Trinajstić information content (AvgIpc) is 2.38. The highest BCUT2D eigenvalue weighted by molar-refractivity contribution is 9.10. The van der Waals surface area contributed by atoms with Crippen LogP contribution in [0.3, 0.4) is 0 Å². The summed E-state index contributed by atoms with van der Waals surface area (Å²) in [5.41, 5.74) is 0. The Balaban J connectivity index is 2.20. The van der Waals surface area contributed by atoms with E-state index in [9.17, 15) is 13.5 Å². The Morgan fingerprint density at radius 1 is 1.40 bits per heavy atom. The molecular formula is C13H17BrClNO3S. The molecule has 20 heavy (non-hydrogen) atoms. The monoisotopic (exact) mass is 381 g/mol. The van der Waals surface area contributed by atoms with Crippen molar-refractivity contribution in [2.24, 2.45) is 5.92 Å².